The highest BCUT2D eigenvalue weighted by atomic mass is 32.1. The number of aliphatic carboxylic acids is 1. The Morgan fingerprint density at radius 3 is 2.37 bits per heavy atom. The molecule has 1 aliphatic rings. The average molecular weight is 576 g/mol. The first-order valence-corrected chi connectivity index (χ1v) is 14.3. The lowest BCUT2D eigenvalue weighted by Gasteiger charge is -2.37. The van der Waals surface area contributed by atoms with E-state index in [-0.39, 0.29) is 6.03 Å². The third-order valence-corrected chi connectivity index (χ3v) is 8.37. The standard InChI is InChI=1S/C29H33N7O4S/c1-5-30-26(39)35-27-34-22-13-17(18-14-32-24(33-15-18)28(2,3)40)12-20(23(22)41-27)21-7-6-19(16-31-21)36-10-8-29(4,9-11-36)25(37)38/h6-7,12-16,40H,5,8-11H2,1-4H3,(H,37,38)(H2,30,34,35,39). The van der Waals surface area contributed by atoms with Crippen LogP contribution in [-0.4, -0.2) is 61.8 Å². The van der Waals surface area contributed by atoms with Crippen LogP contribution in [0.1, 0.15) is 46.4 Å². The maximum absolute atomic E-state index is 12.2. The molecule has 4 heterocycles. The molecule has 1 saturated heterocycles. The van der Waals surface area contributed by atoms with E-state index in [1.54, 1.807) is 33.2 Å². The monoisotopic (exact) mass is 575 g/mol. The third kappa shape index (κ3) is 5.98. The van der Waals surface area contributed by atoms with Crippen LogP contribution in [0.5, 0.6) is 0 Å². The molecule has 3 aromatic heterocycles. The number of hydrogen-bond donors (Lipinski definition) is 4. The van der Waals surface area contributed by atoms with Crippen molar-refractivity contribution in [1.29, 1.82) is 0 Å². The van der Waals surface area contributed by atoms with Gasteiger partial charge in [0.05, 0.1) is 33.2 Å². The molecule has 0 unspecified atom stereocenters. The van der Waals surface area contributed by atoms with Crippen LogP contribution in [0.3, 0.4) is 0 Å². The van der Waals surface area contributed by atoms with Crippen molar-refractivity contribution in [2.45, 2.75) is 46.1 Å². The number of nitrogens with one attached hydrogen (secondary N) is 2. The van der Waals surface area contributed by atoms with Crippen LogP contribution in [-0.2, 0) is 10.4 Å². The van der Waals surface area contributed by atoms with Crippen LogP contribution >= 0.6 is 11.3 Å². The molecule has 1 fully saturated rings. The fourth-order valence-electron chi connectivity index (χ4n) is 4.74. The van der Waals surface area contributed by atoms with Gasteiger partial charge in [-0.3, -0.25) is 15.1 Å². The Hall–Kier alpha value is -4.16. The molecular weight excluding hydrogens is 542 g/mol. The van der Waals surface area contributed by atoms with E-state index in [0.717, 1.165) is 32.8 Å². The summed E-state index contributed by atoms with van der Waals surface area (Å²) in [7, 11) is 0. The summed E-state index contributed by atoms with van der Waals surface area (Å²) in [5, 5.41) is 25.8. The first-order chi connectivity index (χ1) is 19.5. The summed E-state index contributed by atoms with van der Waals surface area (Å²) in [6, 6.07) is 7.54. The molecule has 1 aromatic carbocycles. The number of aromatic nitrogens is 4. The average Bonchev–Trinajstić information content (AvgIpc) is 3.35. The molecule has 0 spiro atoms. The van der Waals surface area contributed by atoms with Crippen molar-refractivity contribution in [3.63, 3.8) is 0 Å². The largest absolute Gasteiger partial charge is 0.481 e. The number of carbonyl (C=O) groups excluding carboxylic acids is 1. The minimum Gasteiger partial charge on any atom is -0.481 e. The van der Waals surface area contributed by atoms with Gasteiger partial charge in [0.15, 0.2) is 11.0 Å². The molecule has 2 amide bonds. The van der Waals surface area contributed by atoms with E-state index >= 15 is 0 Å². The van der Waals surface area contributed by atoms with Gasteiger partial charge in [-0.1, -0.05) is 11.3 Å². The highest BCUT2D eigenvalue weighted by molar-refractivity contribution is 7.22. The summed E-state index contributed by atoms with van der Waals surface area (Å²) in [6.07, 6.45) is 6.30. The summed E-state index contributed by atoms with van der Waals surface area (Å²) in [4.78, 5) is 44.1. The molecule has 0 bridgehead atoms. The number of pyridine rings is 1. The topological polar surface area (TPSA) is 153 Å². The molecule has 11 nitrogen and oxygen atoms in total. The van der Waals surface area contributed by atoms with Crippen LogP contribution in [0, 0.1) is 5.41 Å². The number of hydrogen-bond acceptors (Lipinski definition) is 9. The van der Waals surface area contributed by atoms with E-state index in [2.05, 4.69) is 30.5 Å². The minimum absolute atomic E-state index is 0.322. The van der Waals surface area contributed by atoms with E-state index in [4.69, 9.17) is 4.98 Å². The van der Waals surface area contributed by atoms with Gasteiger partial charge >= 0.3 is 12.0 Å². The van der Waals surface area contributed by atoms with Gasteiger partial charge in [-0.15, -0.1) is 0 Å². The van der Waals surface area contributed by atoms with E-state index in [1.165, 1.54) is 11.3 Å². The number of carbonyl (C=O) groups is 2. The van der Waals surface area contributed by atoms with Gasteiger partial charge in [0.2, 0.25) is 0 Å². The highest BCUT2D eigenvalue weighted by Gasteiger charge is 2.37. The third-order valence-electron chi connectivity index (χ3n) is 7.35. The Balaban J connectivity index is 1.50. The molecule has 41 heavy (non-hydrogen) atoms. The lowest BCUT2D eigenvalue weighted by atomic mass is 9.80. The Labute approximate surface area is 241 Å². The Morgan fingerprint density at radius 1 is 1.07 bits per heavy atom. The number of fused-ring (bicyclic) bond motifs is 1. The summed E-state index contributed by atoms with van der Waals surface area (Å²) in [5.74, 6) is -0.427. The molecule has 0 atom stereocenters. The lowest BCUT2D eigenvalue weighted by Crippen LogP contribution is -2.42. The molecule has 4 aromatic rings. The molecule has 12 heteroatoms. The second-order valence-electron chi connectivity index (χ2n) is 11.0. The lowest BCUT2D eigenvalue weighted by molar-refractivity contribution is -0.149. The van der Waals surface area contributed by atoms with Crippen molar-refractivity contribution < 1.29 is 19.8 Å². The van der Waals surface area contributed by atoms with E-state index in [1.807, 2.05) is 37.4 Å². The zero-order valence-electron chi connectivity index (χ0n) is 23.4. The van der Waals surface area contributed by atoms with Gasteiger partial charge in [0.25, 0.3) is 0 Å². The van der Waals surface area contributed by atoms with Crippen molar-refractivity contribution in [2.75, 3.05) is 29.9 Å². The number of urea groups is 1. The summed E-state index contributed by atoms with van der Waals surface area (Å²) < 4.78 is 0.866. The number of carboxylic acid groups (broad SMARTS) is 1. The van der Waals surface area contributed by atoms with Crippen LogP contribution in [0.4, 0.5) is 15.6 Å². The predicted octanol–water partition coefficient (Wildman–Crippen LogP) is 4.88. The normalized spacial score (nSPS) is 15.1. The molecule has 1 aliphatic heterocycles. The number of amides is 2. The summed E-state index contributed by atoms with van der Waals surface area (Å²) in [5.41, 5.74) is 2.91. The van der Waals surface area contributed by atoms with Gasteiger partial charge in [0.1, 0.15) is 5.60 Å². The van der Waals surface area contributed by atoms with Gasteiger partial charge in [-0.25, -0.2) is 19.7 Å². The fraction of sp³-hybridized carbons (Fsp3) is 0.379. The number of rotatable bonds is 7. The van der Waals surface area contributed by atoms with E-state index < -0.39 is 17.0 Å². The molecule has 214 valence electrons. The smallest absolute Gasteiger partial charge is 0.321 e. The molecule has 0 aliphatic carbocycles. The number of aliphatic hydroxyl groups is 1. The van der Waals surface area contributed by atoms with Crippen LogP contribution in [0.25, 0.3) is 32.6 Å². The number of piperidine rings is 1. The zero-order chi connectivity index (χ0) is 29.4. The van der Waals surface area contributed by atoms with E-state index in [0.29, 0.717) is 48.9 Å². The molecule has 0 saturated carbocycles. The summed E-state index contributed by atoms with van der Waals surface area (Å²) >= 11 is 1.36. The molecule has 5 rings (SSSR count). The Morgan fingerprint density at radius 2 is 1.78 bits per heavy atom. The quantitative estimate of drug-likeness (QED) is 0.242. The van der Waals surface area contributed by atoms with Crippen LogP contribution in [0.2, 0.25) is 0 Å². The zero-order valence-corrected chi connectivity index (χ0v) is 24.2. The number of thiazole rings is 1. The van der Waals surface area contributed by atoms with Gasteiger partial charge in [-0.05, 0) is 70.4 Å². The second-order valence-corrected chi connectivity index (χ2v) is 12.0. The second kappa shape index (κ2) is 11.0. The molecule has 0 radical (unpaired) electrons. The van der Waals surface area contributed by atoms with Crippen molar-refractivity contribution in [1.82, 2.24) is 25.3 Å². The SMILES string of the molecule is CCNC(=O)Nc1nc2cc(-c3cnc(C(C)(C)O)nc3)cc(-c3ccc(N4CCC(C)(C(=O)O)CC4)cn3)c2s1. The van der Waals surface area contributed by atoms with Crippen molar-refractivity contribution in [3.8, 4) is 22.4 Å². The number of benzene rings is 1. The van der Waals surface area contributed by atoms with Gasteiger partial charge in [-0.2, -0.15) is 0 Å². The number of anilines is 2. The fourth-order valence-corrected chi connectivity index (χ4v) is 5.71. The molecular formula is C29H33N7O4S. The van der Waals surface area contributed by atoms with Gasteiger partial charge in [0, 0.05) is 43.2 Å². The van der Waals surface area contributed by atoms with Crippen molar-refractivity contribution in [3.05, 3.63) is 48.7 Å². The van der Waals surface area contributed by atoms with Gasteiger partial charge < -0.3 is 20.4 Å². The molecule has 4 N–H and O–H groups in total. The minimum atomic E-state index is -1.16. The van der Waals surface area contributed by atoms with E-state index in [9.17, 15) is 19.8 Å². The highest BCUT2D eigenvalue weighted by Crippen LogP contribution is 2.39. The van der Waals surface area contributed by atoms with Crippen LogP contribution in [0.15, 0.2) is 42.9 Å². The first-order valence-electron chi connectivity index (χ1n) is 13.5. The van der Waals surface area contributed by atoms with Crippen molar-refractivity contribution in [2.24, 2.45) is 5.41 Å². The van der Waals surface area contributed by atoms with Crippen LogP contribution < -0.4 is 15.5 Å². The number of nitrogens with zero attached hydrogens (tertiary/aromatic N) is 5. The maximum atomic E-state index is 12.2. The first kappa shape index (κ1) is 28.4. The van der Waals surface area contributed by atoms with Crippen molar-refractivity contribution >= 4 is 44.4 Å². The Bertz CT molecular complexity index is 1570. The Kier molecular flexibility index (Phi) is 7.62. The predicted molar refractivity (Wildman–Crippen MR) is 159 cm³/mol. The summed E-state index contributed by atoms with van der Waals surface area (Å²) in [6.45, 7) is 8.71. The maximum Gasteiger partial charge on any atom is 0.321 e. The number of carboxylic acids is 1.